The summed E-state index contributed by atoms with van der Waals surface area (Å²) >= 11 is 0. The molecule has 5 N–H and O–H groups in total. The molecule has 0 radical (unpaired) electrons. The van der Waals surface area contributed by atoms with E-state index >= 15 is 0 Å². The monoisotopic (exact) mass is 755 g/mol. The smallest absolute Gasteiger partial charge is 0.319 e. The number of hydrogen-bond donors (Lipinski definition) is 5. The van der Waals surface area contributed by atoms with Crippen LogP contribution < -0.4 is 26.6 Å². The Morgan fingerprint density at radius 1 is 0.945 bits per heavy atom. The number of Topliss-reactive ketones (excluding diaryl/α,β-unsaturated/α-hetero) is 1. The molecular formula is C41H53N7O7. The first-order chi connectivity index (χ1) is 25.8. The van der Waals surface area contributed by atoms with E-state index in [1.54, 1.807) is 75.6 Å². The molecule has 0 spiro atoms. The largest absolute Gasteiger partial charge is 0.347 e. The zero-order chi connectivity index (χ0) is 40.8. The van der Waals surface area contributed by atoms with Crippen LogP contribution in [-0.2, 0) is 28.8 Å². The first-order valence-electron chi connectivity index (χ1n) is 18.4. The van der Waals surface area contributed by atoms with E-state index in [9.17, 15) is 33.6 Å². The van der Waals surface area contributed by atoms with E-state index < -0.39 is 71.6 Å². The van der Waals surface area contributed by atoms with Crippen molar-refractivity contribution in [3.05, 3.63) is 65.7 Å². The number of benzene rings is 2. The van der Waals surface area contributed by atoms with Crippen LogP contribution in [0.5, 0.6) is 0 Å². The summed E-state index contributed by atoms with van der Waals surface area (Å²) in [6.45, 7) is 11.0. The zero-order valence-electron chi connectivity index (χ0n) is 32.8. The molecule has 14 nitrogen and oxygen atoms in total. The highest BCUT2D eigenvalue weighted by atomic mass is 16.2. The number of urea groups is 1. The van der Waals surface area contributed by atoms with E-state index in [0.29, 0.717) is 23.2 Å². The van der Waals surface area contributed by atoms with Gasteiger partial charge in [0.25, 0.3) is 5.91 Å². The second-order valence-electron chi connectivity index (χ2n) is 16.0. The minimum atomic E-state index is -1.23. The van der Waals surface area contributed by atoms with Gasteiger partial charge in [-0.1, -0.05) is 84.2 Å². The number of fused-ring (bicyclic) bond motifs is 1. The number of nitrogens with zero attached hydrogens (tertiary/aromatic N) is 2. The summed E-state index contributed by atoms with van der Waals surface area (Å²) in [6.07, 6.45) is 6.00. The summed E-state index contributed by atoms with van der Waals surface area (Å²) in [5.41, 5.74) is 0.655. The highest BCUT2D eigenvalue weighted by Crippen LogP contribution is 2.65. The summed E-state index contributed by atoms with van der Waals surface area (Å²) in [5.74, 6) is -1.82. The Morgan fingerprint density at radius 2 is 1.58 bits per heavy atom. The predicted octanol–water partition coefficient (Wildman–Crippen LogP) is 2.60. The molecule has 2 aromatic rings. The van der Waals surface area contributed by atoms with Gasteiger partial charge in [-0.15, -0.1) is 6.42 Å². The van der Waals surface area contributed by atoms with Crippen LogP contribution in [0.2, 0.25) is 0 Å². The lowest BCUT2D eigenvalue weighted by Crippen LogP contribution is -2.61. The van der Waals surface area contributed by atoms with Gasteiger partial charge in [-0.05, 0) is 58.9 Å². The zero-order valence-corrected chi connectivity index (χ0v) is 32.8. The van der Waals surface area contributed by atoms with E-state index in [1.807, 2.05) is 34.6 Å². The third kappa shape index (κ3) is 9.89. The molecule has 0 aromatic heterocycles. The first-order valence-corrected chi connectivity index (χ1v) is 18.4. The van der Waals surface area contributed by atoms with Crippen LogP contribution in [0, 0.1) is 35.0 Å². The number of terminal acetylenes is 1. The molecule has 1 saturated carbocycles. The Hall–Kier alpha value is -5.71. The maximum atomic E-state index is 14.3. The summed E-state index contributed by atoms with van der Waals surface area (Å²) in [5, 5.41) is 13.2. The predicted molar refractivity (Wildman–Crippen MR) is 207 cm³/mol. The second-order valence-corrected chi connectivity index (χ2v) is 16.0. The van der Waals surface area contributed by atoms with Crippen LogP contribution >= 0.6 is 0 Å². The number of amides is 7. The summed E-state index contributed by atoms with van der Waals surface area (Å²) in [7, 11) is 3.11. The number of anilines is 1. The molecule has 55 heavy (non-hydrogen) atoms. The third-order valence-corrected chi connectivity index (χ3v) is 10.4. The van der Waals surface area contributed by atoms with Gasteiger partial charge in [0.2, 0.25) is 29.4 Å². The fourth-order valence-corrected chi connectivity index (χ4v) is 7.20. The Labute approximate surface area is 322 Å². The van der Waals surface area contributed by atoms with Gasteiger partial charge in [0.15, 0.2) is 0 Å². The average Bonchev–Trinajstić information content (AvgIpc) is 3.43. The van der Waals surface area contributed by atoms with Crippen molar-refractivity contribution in [3.63, 3.8) is 0 Å². The van der Waals surface area contributed by atoms with E-state index in [-0.39, 0.29) is 36.1 Å². The fraction of sp³-hybridized carbons (Fsp3) is 0.488. The SMILES string of the molecule is C#Cc1ccc(NC(=O)N[C@H](C(=O)N2C[C@H]3C([C@H]2C(=O)NC(CCC)C(=O)C(=O)NCC(=O)N[C@H](C(=O)N(C)C)c2ccccc2)C3(C)C)C(C)(C)C)cc1. The van der Waals surface area contributed by atoms with Crippen molar-refractivity contribution in [2.45, 2.75) is 78.6 Å². The van der Waals surface area contributed by atoms with E-state index in [2.05, 4.69) is 32.5 Å². The van der Waals surface area contributed by atoms with Gasteiger partial charge in [0.1, 0.15) is 18.1 Å². The number of carbonyl (C=O) groups excluding carboxylic acids is 7. The van der Waals surface area contributed by atoms with Crippen molar-refractivity contribution in [2.75, 3.05) is 32.5 Å². The Bertz CT molecular complexity index is 1830. The number of ketones is 1. The molecule has 2 fully saturated rings. The second kappa shape index (κ2) is 17.2. The van der Waals surface area contributed by atoms with E-state index in [1.165, 1.54) is 9.80 Å². The summed E-state index contributed by atoms with van der Waals surface area (Å²) in [6, 6.07) is 10.5. The maximum absolute atomic E-state index is 14.3. The van der Waals surface area contributed by atoms with Crippen LogP contribution in [0.25, 0.3) is 0 Å². The van der Waals surface area contributed by atoms with Crippen molar-refractivity contribution in [1.29, 1.82) is 0 Å². The quantitative estimate of drug-likeness (QED) is 0.145. The first kappa shape index (κ1) is 42.0. The van der Waals surface area contributed by atoms with Crippen LogP contribution in [0.3, 0.4) is 0 Å². The van der Waals surface area contributed by atoms with E-state index in [0.717, 1.165) is 0 Å². The van der Waals surface area contributed by atoms with Crippen molar-refractivity contribution in [2.24, 2.45) is 22.7 Å². The molecule has 4 rings (SSSR count). The molecule has 1 heterocycles. The standard InChI is InChI=1S/C41H53N7O7/c1-10-15-28(33(50)36(52)42-22-29(49)45-31(37(53)47(8)9)25-16-13-12-14-17-25)44-35(51)32-30-27(41(30,6)7)23-48(32)38(54)34(40(3,4)5)46-39(55)43-26-20-18-24(11-2)19-21-26/h2,12-14,16-21,27-28,30-32,34H,10,15,22-23H2,1,3-9H3,(H,42,52)(H,44,51)(H,45,49)(H2,43,46,55)/t27-,28?,30?,31-,32-,34+/m0/s1. The number of rotatable bonds is 14. The molecule has 2 aliphatic rings. The lowest BCUT2D eigenvalue weighted by Gasteiger charge is -2.38. The molecule has 6 atom stereocenters. The maximum Gasteiger partial charge on any atom is 0.319 e. The number of nitrogens with one attached hydrogen (secondary N) is 5. The Kier molecular flexibility index (Phi) is 13.1. The molecule has 1 saturated heterocycles. The number of likely N-dealkylation sites (N-methyl/N-ethyl adjacent to an activating group) is 1. The van der Waals surface area contributed by atoms with Crippen LogP contribution in [0.4, 0.5) is 10.5 Å². The molecule has 1 aliphatic heterocycles. The minimum absolute atomic E-state index is 0.0116. The van der Waals surface area contributed by atoms with Gasteiger partial charge in [-0.3, -0.25) is 28.8 Å². The number of carbonyl (C=O) groups is 7. The number of hydrogen-bond acceptors (Lipinski definition) is 7. The van der Waals surface area contributed by atoms with Crippen LogP contribution in [0.1, 0.15) is 71.6 Å². The molecular weight excluding hydrogens is 702 g/mol. The highest BCUT2D eigenvalue weighted by Gasteiger charge is 2.70. The minimum Gasteiger partial charge on any atom is -0.347 e. The van der Waals surface area contributed by atoms with Crippen LogP contribution in [0.15, 0.2) is 54.6 Å². The molecule has 2 aromatic carbocycles. The molecule has 294 valence electrons. The van der Waals surface area contributed by atoms with Crippen molar-refractivity contribution in [3.8, 4) is 12.3 Å². The normalized spacial score (nSPS) is 19.6. The Morgan fingerprint density at radius 3 is 2.15 bits per heavy atom. The third-order valence-electron chi connectivity index (χ3n) is 10.4. The summed E-state index contributed by atoms with van der Waals surface area (Å²) in [4.78, 5) is 96.6. The highest BCUT2D eigenvalue weighted by molar-refractivity contribution is 6.38. The molecule has 2 unspecified atom stereocenters. The van der Waals surface area contributed by atoms with Crippen molar-refractivity contribution >= 4 is 47.0 Å². The van der Waals surface area contributed by atoms with Crippen molar-refractivity contribution < 1.29 is 33.6 Å². The molecule has 1 aliphatic carbocycles. The van der Waals surface area contributed by atoms with Gasteiger partial charge in [-0.2, -0.15) is 0 Å². The van der Waals surface area contributed by atoms with Gasteiger partial charge >= 0.3 is 6.03 Å². The molecule has 0 bridgehead atoms. The molecule has 14 heteroatoms. The number of likely N-dealkylation sites (tertiary alicyclic amines) is 1. The summed E-state index contributed by atoms with van der Waals surface area (Å²) < 4.78 is 0. The van der Waals surface area contributed by atoms with Gasteiger partial charge in [0.05, 0.1) is 12.6 Å². The fourth-order valence-electron chi connectivity index (χ4n) is 7.20. The van der Waals surface area contributed by atoms with Crippen molar-refractivity contribution in [1.82, 2.24) is 31.1 Å². The lowest BCUT2D eigenvalue weighted by molar-refractivity contribution is -0.145. The average molecular weight is 756 g/mol. The Balaban J connectivity index is 1.44. The topological polar surface area (TPSA) is 186 Å². The van der Waals surface area contributed by atoms with Crippen LogP contribution in [-0.4, -0.2) is 96.5 Å². The van der Waals surface area contributed by atoms with Gasteiger partial charge in [0, 0.05) is 31.9 Å². The lowest BCUT2D eigenvalue weighted by atomic mass is 9.85. The molecule has 7 amide bonds. The van der Waals surface area contributed by atoms with E-state index in [4.69, 9.17) is 6.42 Å². The van der Waals surface area contributed by atoms with Gasteiger partial charge < -0.3 is 36.4 Å². The van der Waals surface area contributed by atoms with Gasteiger partial charge in [-0.25, -0.2) is 4.79 Å². The number of piperidine rings is 1.